The maximum Gasteiger partial charge on any atom is 0.410 e. The van der Waals surface area contributed by atoms with Crippen LogP contribution in [0.2, 0.25) is 0 Å². The Kier molecular flexibility index (Phi) is 4.20. The van der Waals surface area contributed by atoms with Gasteiger partial charge < -0.3 is 20.3 Å². The van der Waals surface area contributed by atoms with Crippen LogP contribution >= 0.6 is 11.3 Å². The molecule has 2 aromatic heterocycles. The molecule has 9 heteroatoms. The summed E-state index contributed by atoms with van der Waals surface area (Å²) in [4.78, 5) is 29.8. The van der Waals surface area contributed by atoms with Crippen LogP contribution in [0.25, 0.3) is 10.3 Å². The highest BCUT2D eigenvalue weighted by Gasteiger charge is 2.31. The fourth-order valence-corrected chi connectivity index (χ4v) is 3.39. The molecule has 1 aliphatic rings. The summed E-state index contributed by atoms with van der Waals surface area (Å²) in [7, 11) is 0. The normalized spacial score (nSPS) is 18.9. The summed E-state index contributed by atoms with van der Waals surface area (Å²) in [6, 6.07) is 0.0745. The molecule has 1 fully saturated rings. The summed E-state index contributed by atoms with van der Waals surface area (Å²) in [5, 5.41) is 0. The smallest absolute Gasteiger partial charge is 0.410 e. The Morgan fingerprint density at radius 2 is 2.12 bits per heavy atom. The van der Waals surface area contributed by atoms with Crippen LogP contribution in [0.5, 0.6) is 0 Å². The van der Waals surface area contributed by atoms with Crippen molar-refractivity contribution in [2.45, 2.75) is 39.3 Å². The number of ether oxygens (including phenoxy) is 1. The van der Waals surface area contributed by atoms with E-state index in [4.69, 9.17) is 10.5 Å². The Labute approximate surface area is 144 Å². The second-order valence-corrected chi connectivity index (χ2v) is 7.71. The third kappa shape index (κ3) is 3.35. The molecular formula is C15H22N6O2S. The highest BCUT2D eigenvalue weighted by Crippen LogP contribution is 2.29. The molecule has 0 spiro atoms. The zero-order chi connectivity index (χ0) is 17.5. The number of piperazine rings is 1. The molecule has 0 saturated carbocycles. The number of nitrogens with zero attached hydrogens (tertiary/aromatic N) is 5. The quantitative estimate of drug-likeness (QED) is 0.841. The number of anilines is 2. The number of nitrogen functional groups attached to an aromatic ring is 1. The Morgan fingerprint density at radius 1 is 1.38 bits per heavy atom. The lowest BCUT2D eigenvalue weighted by molar-refractivity contribution is 0.0218. The third-order valence-electron chi connectivity index (χ3n) is 3.75. The van der Waals surface area contributed by atoms with E-state index in [-0.39, 0.29) is 18.1 Å². The molecule has 3 rings (SSSR count). The van der Waals surface area contributed by atoms with Crippen molar-refractivity contribution in [3.63, 3.8) is 0 Å². The van der Waals surface area contributed by atoms with E-state index in [2.05, 4.69) is 19.9 Å². The molecule has 2 aromatic rings. The summed E-state index contributed by atoms with van der Waals surface area (Å²) in [5.74, 6) is 0.971. The topological polar surface area (TPSA) is 97.5 Å². The van der Waals surface area contributed by atoms with Crippen molar-refractivity contribution in [1.29, 1.82) is 0 Å². The third-order valence-corrected chi connectivity index (χ3v) is 4.47. The highest BCUT2D eigenvalue weighted by molar-refractivity contribution is 7.16. The molecular weight excluding hydrogens is 328 g/mol. The standard InChI is InChI=1S/C15H22N6O2S/c1-9-7-20(14(22)23-15(2,3)4)5-6-21(9)11-10-12(24-8-17-10)19-13(16)18-11/h8-9H,5-7H2,1-4H3,(H2,16,18,19)/t9-/m0/s1. The van der Waals surface area contributed by atoms with Gasteiger partial charge in [-0.1, -0.05) is 0 Å². The zero-order valence-corrected chi connectivity index (χ0v) is 15.1. The SMILES string of the molecule is C[C@H]1CN(C(=O)OC(C)(C)C)CCN1c1nc(N)nc2scnc12. The number of thiazole rings is 1. The van der Waals surface area contributed by atoms with Crippen molar-refractivity contribution in [3.05, 3.63) is 5.51 Å². The van der Waals surface area contributed by atoms with Gasteiger partial charge in [-0.05, 0) is 27.7 Å². The fraction of sp³-hybridized carbons (Fsp3) is 0.600. The van der Waals surface area contributed by atoms with E-state index in [1.165, 1.54) is 11.3 Å². The Balaban J connectivity index is 1.78. The molecule has 1 atom stereocenters. The molecule has 0 aliphatic carbocycles. The van der Waals surface area contributed by atoms with Crippen molar-refractivity contribution < 1.29 is 9.53 Å². The maximum absolute atomic E-state index is 12.3. The zero-order valence-electron chi connectivity index (χ0n) is 14.3. The highest BCUT2D eigenvalue weighted by atomic mass is 32.1. The second-order valence-electron chi connectivity index (χ2n) is 6.88. The van der Waals surface area contributed by atoms with E-state index >= 15 is 0 Å². The summed E-state index contributed by atoms with van der Waals surface area (Å²) >= 11 is 1.44. The molecule has 3 heterocycles. The molecule has 0 radical (unpaired) electrons. The minimum absolute atomic E-state index is 0.0745. The van der Waals surface area contributed by atoms with E-state index < -0.39 is 5.60 Å². The molecule has 0 aromatic carbocycles. The first-order valence-electron chi connectivity index (χ1n) is 7.86. The van der Waals surface area contributed by atoms with Crippen LogP contribution in [0.3, 0.4) is 0 Å². The number of rotatable bonds is 1. The van der Waals surface area contributed by atoms with E-state index in [9.17, 15) is 4.79 Å². The Hall–Kier alpha value is -2.16. The van der Waals surface area contributed by atoms with Gasteiger partial charge >= 0.3 is 6.09 Å². The minimum atomic E-state index is -0.495. The summed E-state index contributed by atoms with van der Waals surface area (Å²) in [6.45, 7) is 9.42. The van der Waals surface area contributed by atoms with Gasteiger partial charge in [0.2, 0.25) is 5.95 Å². The molecule has 2 N–H and O–H groups in total. The number of hydrogen-bond donors (Lipinski definition) is 1. The van der Waals surface area contributed by atoms with Gasteiger partial charge in [-0.15, -0.1) is 11.3 Å². The molecule has 8 nitrogen and oxygen atoms in total. The van der Waals surface area contributed by atoms with E-state index in [0.717, 1.165) is 16.2 Å². The number of carbonyl (C=O) groups excluding carboxylic acids is 1. The van der Waals surface area contributed by atoms with Gasteiger partial charge in [0.05, 0.1) is 5.51 Å². The first kappa shape index (κ1) is 16.7. The van der Waals surface area contributed by atoms with Crippen molar-refractivity contribution in [2.75, 3.05) is 30.3 Å². The van der Waals surface area contributed by atoms with Gasteiger partial charge in [0.25, 0.3) is 0 Å². The lowest BCUT2D eigenvalue weighted by Gasteiger charge is -2.40. The molecule has 1 saturated heterocycles. The molecule has 1 aliphatic heterocycles. The van der Waals surface area contributed by atoms with E-state index in [0.29, 0.717) is 19.6 Å². The van der Waals surface area contributed by atoms with E-state index in [1.54, 1.807) is 10.4 Å². The van der Waals surface area contributed by atoms with Gasteiger partial charge in [-0.2, -0.15) is 4.98 Å². The lowest BCUT2D eigenvalue weighted by Crippen LogP contribution is -2.55. The predicted molar refractivity (Wildman–Crippen MR) is 94.2 cm³/mol. The number of aromatic nitrogens is 3. The van der Waals surface area contributed by atoms with Gasteiger partial charge in [0.1, 0.15) is 11.1 Å². The maximum atomic E-state index is 12.3. The summed E-state index contributed by atoms with van der Waals surface area (Å²) in [6.07, 6.45) is -0.282. The van der Waals surface area contributed by atoms with Crippen LogP contribution < -0.4 is 10.6 Å². The molecule has 0 unspecified atom stereocenters. The van der Waals surface area contributed by atoms with Gasteiger partial charge in [-0.3, -0.25) is 0 Å². The van der Waals surface area contributed by atoms with Crippen LogP contribution in [-0.4, -0.2) is 57.2 Å². The number of fused-ring (bicyclic) bond motifs is 1. The summed E-state index contributed by atoms with van der Waals surface area (Å²) in [5.41, 5.74) is 7.83. The van der Waals surface area contributed by atoms with Crippen LogP contribution in [0, 0.1) is 0 Å². The van der Waals surface area contributed by atoms with E-state index in [1.807, 2.05) is 27.7 Å². The van der Waals surface area contributed by atoms with Crippen molar-refractivity contribution in [2.24, 2.45) is 0 Å². The van der Waals surface area contributed by atoms with Gasteiger partial charge in [0, 0.05) is 25.7 Å². The molecule has 1 amide bonds. The van der Waals surface area contributed by atoms with Crippen molar-refractivity contribution in [3.8, 4) is 0 Å². The van der Waals surface area contributed by atoms with Crippen molar-refractivity contribution >= 4 is 39.5 Å². The second kappa shape index (κ2) is 6.04. The van der Waals surface area contributed by atoms with Crippen molar-refractivity contribution in [1.82, 2.24) is 19.9 Å². The first-order chi connectivity index (χ1) is 11.2. The number of amides is 1. The van der Waals surface area contributed by atoms with Crippen LogP contribution in [0.4, 0.5) is 16.6 Å². The van der Waals surface area contributed by atoms with Crippen LogP contribution in [0.15, 0.2) is 5.51 Å². The number of carbonyl (C=O) groups is 1. The predicted octanol–water partition coefficient (Wildman–Crippen LogP) is 2.11. The lowest BCUT2D eigenvalue weighted by atomic mass is 10.2. The Morgan fingerprint density at radius 3 is 2.79 bits per heavy atom. The fourth-order valence-electron chi connectivity index (χ4n) is 2.73. The number of hydrogen-bond acceptors (Lipinski definition) is 8. The number of nitrogens with two attached hydrogens (primary N) is 1. The van der Waals surface area contributed by atoms with Gasteiger partial charge in [0.15, 0.2) is 10.6 Å². The average Bonchev–Trinajstić information content (AvgIpc) is 2.92. The molecule has 24 heavy (non-hydrogen) atoms. The monoisotopic (exact) mass is 350 g/mol. The molecule has 0 bridgehead atoms. The molecule has 130 valence electrons. The van der Waals surface area contributed by atoms with Crippen LogP contribution in [-0.2, 0) is 4.74 Å². The van der Waals surface area contributed by atoms with Gasteiger partial charge in [-0.25, -0.2) is 14.8 Å². The Bertz CT molecular complexity index is 756. The average molecular weight is 350 g/mol. The summed E-state index contributed by atoms with van der Waals surface area (Å²) < 4.78 is 5.46. The first-order valence-corrected chi connectivity index (χ1v) is 8.74. The minimum Gasteiger partial charge on any atom is -0.444 e. The van der Waals surface area contributed by atoms with Crippen LogP contribution in [0.1, 0.15) is 27.7 Å². The largest absolute Gasteiger partial charge is 0.444 e.